The van der Waals surface area contributed by atoms with Gasteiger partial charge in [0.15, 0.2) is 17.2 Å². The van der Waals surface area contributed by atoms with Crippen LogP contribution in [-0.4, -0.2) is 5.78 Å². The Morgan fingerprint density at radius 3 is 1.83 bits per heavy atom. The van der Waals surface area contributed by atoms with Crippen LogP contribution in [0.1, 0.15) is 34.2 Å². The highest BCUT2D eigenvalue weighted by Crippen LogP contribution is 2.13. The van der Waals surface area contributed by atoms with E-state index in [1.165, 1.54) is 5.56 Å². The lowest BCUT2D eigenvalue weighted by molar-refractivity contribution is -2.00. The molecular formula is C16H18ClNO5. The Labute approximate surface area is 137 Å². The normalized spacial score (nSPS) is 10.8. The van der Waals surface area contributed by atoms with Gasteiger partial charge >= 0.3 is 0 Å². The number of hydrogen-bond donors (Lipinski definition) is 0. The molecule has 124 valence electrons. The summed E-state index contributed by atoms with van der Waals surface area (Å²) in [5, 5.41) is 0. The number of Topliss-reactive ketones (excluding diaryl/α,β-unsaturated/α-hetero) is 1. The lowest BCUT2D eigenvalue weighted by atomic mass is 10.1. The number of aromatic nitrogens is 1. The third kappa shape index (κ3) is 6.05. The molecule has 0 amide bonds. The van der Waals surface area contributed by atoms with E-state index in [9.17, 15) is 4.79 Å². The van der Waals surface area contributed by atoms with E-state index in [1.54, 1.807) is 6.92 Å². The van der Waals surface area contributed by atoms with Crippen LogP contribution in [0.5, 0.6) is 0 Å². The minimum atomic E-state index is -4.94. The Morgan fingerprint density at radius 1 is 0.957 bits per heavy atom. The van der Waals surface area contributed by atoms with Crippen LogP contribution in [0.4, 0.5) is 0 Å². The van der Waals surface area contributed by atoms with Crippen LogP contribution in [-0.2, 0) is 0 Å². The maximum absolute atomic E-state index is 11.7. The van der Waals surface area contributed by atoms with Crippen LogP contribution in [0.25, 0.3) is 5.69 Å². The number of rotatable bonds is 2. The first-order valence-electron chi connectivity index (χ1n) is 6.72. The van der Waals surface area contributed by atoms with Crippen molar-refractivity contribution in [3.63, 3.8) is 0 Å². The molecule has 0 bridgehead atoms. The Hall–Kier alpha value is -1.83. The predicted molar refractivity (Wildman–Crippen MR) is 72.2 cm³/mol. The van der Waals surface area contributed by atoms with Gasteiger partial charge in [0.1, 0.15) is 0 Å². The van der Waals surface area contributed by atoms with Crippen molar-refractivity contribution in [3.8, 4) is 5.69 Å². The van der Waals surface area contributed by atoms with Crippen molar-refractivity contribution in [3.05, 3.63) is 58.9 Å². The van der Waals surface area contributed by atoms with E-state index >= 15 is 0 Å². The van der Waals surface area contributed by atoms with Gasteiger partial charge in [-0.3, -0.25) is 4.79 Å². The smallest absolute Gasteiger partial charge is 0.221 e. The second-order valence-electron chi connectivity index (χ2n) is 5.10. The number of aryl methyl sites for hydroxylation is 3. The molecule has 6 nitrogen and oxygen atoms in total. The molecule has 0 radical (unpaired) electrons. The quantitative estimate of drug-likeness (QED) is 0.480. The molecule has 7 heteroatoms. The molecule has 1 heterocycles. The molecule has 0 saturated heterocycles. The van der Waals surface area contributed by atoms with Crippen LogP contribution < -0.4 is 23.2 Å². The van der Waals surface area contributed by atoms with Crippen LogP contribution in [0.2, 0.25) is 0 Å². The molecule has 1 aromatic carbocycles. The first-order valence-corrected chi connectivity index (χ1v) is 7.96. The second kappa shape index (κ2) is 7.63. The van der Waals surface area contributed by atoms with Crippen LogP contribution in [0, 0.1) is 31.0 Å². The average Bonchev–Trinajstić information content (AvgIpc) is 2.35. The molecule has 0 aliphatic rings. The molecule has 0 unspecified atom stereocenters. The summed E-state index contributed by atoms with van der Waals surface area (Å²) in [6.45, 7) is 7.83. The highest BCUT2D eigenvalue weighted by molar-refractivity contribution is 5.96. The average molecular weight is 340 g/mol. The van der Waals surface area contributed by atoms with Gasteiger partial charge in [-0.05, 0) is 25.5 Å². The first kappa shape index (κ1) is 19.2. The van der Waals surface area contributed by atoms with Crippen molar-refractivity contribution in [2.24, 2.45) is 0 Å². The zero-order valence-electron chi connectivity index (χ0n) is 13.3. The maximum Gasteiger partial charge on any atom is 0.221 e. The molecule has 0 spiro atoms. The lowest BCUT2D eigenvalue weighted by Gasteiger charge is -2.17. The topological polar surface area (TPSA) is 113 Å². The van der Waals surface area contributed by atoms with E-state index in [2.05, 4.69) is 37.5 Å². The Kier molecular flexibility index (Phi) is 6.37. The minimum Gasteiger partial charge on any atom is -0.294 e. The highest BCUT2D eigenvalue weighted by atomic mass is 35.7. The number of hydrogen-bond acceptors (Lipinski definition) is 5. The SMILES string of the molecule is CC(=O)c1ccccc1-[n+]1c(C)cc(C)cc1C.[O-][Cl+3]([O-])([O-])[O-]. The van der Waals surface area contributed by atoms with Gasteiger partial charge in [0, 0.05) is 32.0 Å². The molecule has 2 aromatic rings. The van der Waals surface area contributed by atoms with Gasteiger partial charge in [0.05, 0.1) is 5.56 Å². The van der Waals surface area contributed by atoms with Gasteiger partial charge in [-0.15, -0.1) is 10.2 Å². The summed E-state index contributed by atoms with van der Waals surface area (Å²) in [5.41, 5.74) is 5.24. The summed E-state index contributed by atoms with van der Waals surface area (Å²) in [6.07, 6.45) is 0. The van der Waals surface area contributed by atoms with Crippen molar-refractivity contribution in [1.29, 1.82) is 0 Å². The van der Waals surface area contributed by atoms with Gasteiger partial charge in [-0.25, -0.2) is 18.6 Å². The number of benzene rings is 1. The third-order valence-corrected chi connectivity index (χ3v) is 3.10. The lowest BCUT2D eigenvalue weighted by Crippen LogP contribution is -2.68. The van der Waals surface area contributed by atoms with E-state index < -0.39 is 10.2 Å². The van der Waals surface area contributed by atoms with E-state index in [0.717, 1.165) is 22.6 Å². The Balaban J connectivity index is 0.000000463. The first-order chi connectivity index (χ1) is 10.5. The van der Waals surface area contributed by atoms with Crippen molar-refractivity contribution in [2.45, 2.75) is 27.7 Å². The monoisotopic (exact) mass is 339 g/mol. The zero-order valence-corrected chi connectivity index (χ0v) is 14.1. The third-order valence-electron chi connectivity index (χ3n) is 3.10. The standard InChI is InChI=1S/C16H18NO.ClHO4/c1-11-9-12(2)17(13(3)10-11)16-8-6-5-7-15(16)14(4)18;2-1(3,4)5/h5-10H,1-4H3;(H,2,3,4,5)/q+1;/p-1. The highest BCUT2D eigenvalue weighted by Gasteiger charge is 2.20. The summed E-state index contributed by atoms with van der Waals surface area (Å²) in [7, 11) is -4.94. The number of halogens is 1. The molecule has 2 rings (SSSR count). The van der Waals surface area contributed by atoms with Crippen LogP contribution in [0.3, 0.4) is 0 Å². The van der Waals surface area contributed by atoms with Crippen molar-refractivity contribution < 1.29 is 38.2 Å². The molecule has 0 fully saturated rings. The van der Waals surface area contributed by atoms with E-state index in [4.69, 9.17) is 18.6 Å². The number of para-hydroxylation sites is 1. The van der Waals surface area contributed by atoms with E-state index in [0.29, 0.717) is 0 Å². The molecule has 0 N–H and O–H groups in total. The second-order valence-corrected chi connectivity index (χ2v) is 5.86. The molecule has 0 aliphatic heterocycles. The van der Waals surface area contributed by atoms with Gasteiger partial charge in [0.2, 0.25) is 5.69 Å². The summed E-state index contributed by atoms with van der Waals surface area (Å²) in [5.74, 6) is 0.0949. The summed E-state index contributed by atoms with van der Waals surface area (Å²) >= 11 is 0. The number of carbonyl (C=O) groups excluding carboxylic acids is 1. The molecule has 23 heavy (non-hydrogen) atoms. The summed E-state index contributed by atoms with van der Waals surface area (Å²) < 4.78 is 36.1. The molecule has 0 aliphatic carbocycles. The molecule has 0 atom stereocenters. The van der Waals surface area contributed by atoms with Crippen molar-refractivity contribution >= 4 is 5.78 Å². The Morgan fingerprint density at radius 2 is 1.39 bits per heavy atom. The fourth-order valence-corrected chi connectivity index (χ4v) is 2.45. The van der Waals surface area contributed by atoms with Crippen molar-refractivity contribution in [2.75, 3.05) is 0 Å². The Bertz CT molecular complexity index is 681. The fourth-order valence-electron chi connectivity index (χ4n) is 2.45. The zero-order chi connectivity index (χ0) is 17.8. The van der Waals surface area contributed by atoms with Crippen LogP contribution in [0.15, 0.2) is 36.4 Å². The van der Waals surface area contributed by atoms with Gasteiger partial charge in [0.25, 0.3) is 0 Å². The summed E-state index contributed by atoms with van der Waals surface area (Å²) in [6, 6.07) is 12.0. The maximum atomic E-state index is 11.7. The molecule has 1 aromatic heterocycles. The number of ketones is 1. The van der Waals surface area contributed by atoms with Gasteiger partial charge in [-0.1, -0.05) is 12.1 Å². The number of carbonyl (C=O) groups is 1. The largest absolute Gasteiger partial charge is 0.294 e. The van der Waals surface area contributed by atoms with Crippen LogP contribution >= 0.6 is 0 Å². The molecular weight excluding hydrogens is 322 g/mol. The predicted octanol–water partition coefficient (Wildman–Crippen LogP) is -1.66. The van der Waals surface area contributed by atoms with Crippen molar-refractivity contribution in [1.82, 2.24) is 0 Å². The van der Waals surface area contributed by atoms with Gasteiger partial charge in [-0.2, -0.15) is 4.57 Å². The number of nitrogens with zero attached hydrogens (tertiary/aromatic N) is 1. The molecule has 0 saturated carbocycles. The fraction of sp³-hybridized carbons (Fsp3) is 0.250. The van der Waals surface area contributed by atoms with E-state index in [-0.39, 0.29) is 5.78 Å². The van der Waals surface area contributed by atoms with E-state index in [1.807, 2.05) is 24.3 Å². The number of pyridine rings is 1. The summed E-state index contributed by atoms with van der Waals surface area (Å²) in [4.78, 5) is 11.7. The minimum absolute atomic E-state index is 0.0949. The van der Waals surface area contributed by atoms with Gasteiger partial charge < -0.3 is 0 Å².